The Morgan fingerprint density at radius 2 is 1.95 bits per heavy atom. The Hall–Kier alpha value is -1.96. The highest BCUT2D eigenvalue weighted by Crippen LogP contribution is 2.14. The van der Waals surface area contributed by atoms with Crippen molar-refractivity contribution in [2.75, 3.05) is 31.1 Å². The number of nitrogens with zero attached hydrogens (tertiary/aromatic N) is 6. The Kier molecular flexibility index (Phi) is 4.37. The summed E-state index contributed by atoms with van der Waals surface area (Å²) in [5.74, 6) is 0.689. The minimum atomic E-state index is -0.0147. The molecule has 22 heavy (non-hydrogen) atoms. The van der Waals surface area contributed by atoms with Crippen molar-refractivity contribution in [3.63, 3.8) is 0 Å². The van der Waals surface area contributed by atoms with Gasteiger partial charge in [-0.05, 0) is 28.4 Å². The second kappa shape index (κ2) is 6.43. The van der Waals surface area contributed by atoms with Gasteiger partial charge in [0.15, 0.2) is 0 Å². The van der Waals surface area contributed by atoms with Crippen LogP contribution in [0.3, 0.4) is 0 Å². The topological polar surface area (TPSA) is 67.2 Å². The number of amides is 1. The first-order chi connectivity index (χ1) is 10.6. The van der Waals surface area contributed by atoms with E-state index < -0.39 is 0 Å². The van der Waals surface area contributed by atoms with E-state index in [1.165, 1.54) is 0 Å². The standard InChI is InChI=1S/C14H17BrN6O/c1-19-6-3-12(18-19)13(22)20-4-2-5-21(8-7-20)14-16-9-11(15)10-17-14/h3,6,9-10H,2,4-5,7-8H2,1H3. The number of aromatic nitrogens is 4. The Bertz CT molecular complexity index is 656. The van der Waals surface area contributed by atoms with Crippen LogP contribution in [-0.2, 0) is 7.05 Å². The summed E-state index contributed by atoms with van der Waals surface area (Å²) in [7, 11) is 1.81. The van der Waals surface area contributed by atoms with Gasteiger partial charge in [-0.3, -0.25) is 9.48 Å². The highest BCUT2D eigenvalue weighted by molar-refractivity contribution is 9.10. The molecule has 1 aliphatic heterocycles. The molecule has 0 radical (unpaired) electrons. The highest BCUT2D eigenvalue weighted by atomic mass is 79.9. The summed E-state index contributed by atoms with van der Waals surface area (Å²) < 4.78 is 2.51. The van der Waals surface area contributed by atoms with Crippen LogP contribution in [0.25, 0.3) is 0 Å². The number of halogens is 1. The third-order valence-electron chi connectivity index (χ3n) is 3.61. The van der Waals surface area contributed by atoms with Crippen LogP contribution >= 0.6 is 15.9 Å². The number of aryl methyl sites for hydroxylation is 1. The van der Waals surface area contributed by atoms with Crippen LogP contribution in [0.1, 0.15) is 16.9 Å². The van der Waals surface area contributed by atoms with Crippen molar-refractivity contribution in [1.82, 2.24) is 24.6 Å². The fourth-order valence-corrected chi connectivity index (χ4v) is 2.69. The van der Waals surface area contributed by atoms with Crippen LogP contribution in [0.5, 0.6) is 0 Å². The van der Waals surface area contributed by atoms with Crippen LogP contribution in [-0.4, -0.2) is 56.7 Å². The first kappa shape index (κ1) is 15.0. The average Bonchev–Trinajstić information content (AvgIpc) is 2.81. The fraction of sp³-hybridized carbons (Fsp3) is 0.429. The Morgan fingerprint density at radius 3 is 2.64 bits per heavy atom. The molecule has 8 heteroatoms. The van der Waals surface area contributed by atoms with E-state index in [1.807, 2.05) is 11.9 Å². The number of carbonyl (C=O) groups is 1. The van der Waals surface area contributed by atoms with Gasteiger partial charge in [0.1, 0.15) is 5.69 Å². The van der Waals surface area contributed by atoms with Gasteiger partial charge < -0.3 is 9.80 Å². The minimum Gasteiger partial charge on any atom is -0.339 e. The lowest BCUT2D eigenvalue weighted by Gasteiger charge is -2.21. The van der Waals surface area contributed by atoms with Crippen LogP contribution in [0.2, 0.25) is 0 Å². The average molecular weight is 365 g/mol. The van der Waals surface area contributed by atoms with E-state index in [9.17, 15) is 4.79 Å². The Morgan fingerprint density at radius 1 is 1.18 bits per heavy atom. The zero-order chi connectivity index (χ0) is 15.5. The lowest BCUT2D eigenvalue weighted by Crippen LogP contribution is -2.35. The van der Waals surface area contributed by atoms with Gasteiger partial charge in [-0.15, -0.1) is 0 Å². The molecule has 2 aromatic rings. The van der Waals surface area contributed by atoms with E-state index in [-0.39, 0.29) is 5.91 Å². The van der Waals surface area contributed by atoms with Crippen molar-refractivity contribution in [3.05, 3.63) is 34.8 Å². The fourth-order valence-electron chi connectivity index (χ4n) is 2.48. The molecule has 7 nitrogen and oxygen atoms in total. The van der Waals surface area contributed by atoms with Gasteiger partial charge in [-0.2, -0.15) is 5.10 Å². The summed E-state index contributed by atoms with van der Waals surface area (Å²) in [5.41, 5.74) is 0.496. The van der Waals surface area contributed by atoms with Crippen molar-refractivity contribution in [2.24, 2.45) is 7.05 Å². The van der Waals surface area contributed by atoms with Gasteiger partial charge in [-0.1, -0.05) is 0 Å². The van der Waals surface area contributed by atoms with Crippen LogP contribution < -0.4 is 4.90 Å². The molecule has 1 aliphatic rings. The summed E-state index contributed by atoms with van der Waals surface area (Å²) >= 11 is 3.34. The predicted octanol–water partition coefficient (Wildman–Crippen LogP) is 1.33. The molecule has 1 saturated heterocycles. The van der Waals surface area contributed by atoms with Gasteiger partial charge in [-0.25, -0.2) is 9.97 Å². The van der Waals surface area contributed by atoms with Gasteiger partial charge in [0.25, 0.3) is 5.91 Å². The first-order valence-corrected chi connectivity index (χ1v) is 7.94. The van der Waals surface area contributed by atoms with Crippen molar-refractivity contribution >= 4 is 27.8 Å². The maximum absolute atomic E-state index is 12.4. The molecule has 1 fully saturated rings. The van der Waals surface area contributed by atoms with E-state index in [0.29, 0.717) is 18.2 Å². The van der Waals surface area contributed by atoms with E-state index in [1.54, 1.807) is 29.3 Å². The SMILES string of the molecule is Cn1ccc(C(=O)N2CCCN(c3ncc(Br)cn3)CC2)n1. The smallest absolute Gasteiger partial charge is 0.274 e. The molecule has 3 rings (SSSR count). The molecule has 0 N–H and O–H groups in total. The Labute approximate surface area is 137 Å². The van der Waals surface area contributed by atoms with Gasteiger partial charge in [0.2, 0.25) is 5.95 Å². The molecule has 0 spiro atoms. The quantitative estimate of drug-likeness (QED) is 0.803. The Balaban J connectivity index is 1.67. The number of hydrogen-bond acceptors (Lipinski definition) is 5. The van der Waals surface area contributed by atoms with E-state index >= 15 is 0 Å². The molecule has 116 valence electrons. The molecular weight excluding hydrogens is 348 g/mol. The molecule has 1 amide bonds. The zero-order valence-electron chi connectivity index (χ0n) is 12.3. The monoisotopic (exact) mass is 364 g/mol. The van der Waals surface area contributed by atoms with E-state index in [0.717, 1.165) is 30.5 Å². The molecule has 0 unspecified atom stereocenters. The van der Waals surface area contributed by atoms with Crippen LogP contribution in [0.4, 0.5) is 5.95 Å². The number of carbonyl (C=O) groups excluding carboxylic acids is 1. The lowest BCUT2D eigenvalue weighted by atomic mass is 10.3. The van der Waals surface area contributed by atoms with E-state index in [4.69, 9.17) is 0 Å². The lowest BCUT2D eigenvalue weighted by molar-refractivity contribution is 0.0760. The third kappa shape index (κ3) is 3.27. The molecule has 0 aliphatic carbocycles. The first-order valence-electron chi connectivity index (χ1n) is 7.15. The number of rotatable bonds is 2. The molecule has 2 aromatic heterocycles. The summed E-state index contributed by atoms with van der Waals surface area (Å²) in [6, 6.07) is 1.75. The van der Waals surface area contributed by atoms with Crippen LogP contribution in [0, 0.1) is 0 Å². The molecular formula is C14H17BrN6O. The molecule has 0 saturated carbocycles. The minimum absolute atomic E-state index is 0.0147. The highest BCUT2D eigenvalue weighted by Gasteiger charge is 2.22. The van der Waals surface area contributed by atoms with Crippen molar-refractivity contribution in [2.45, 2.75) is 6.42 Å². The summed E-state index contributed by atoms with van der Waals surface area (Å²) in [6.45, 7) is 2.94. The second-order valence-corrected chi connectivity index (χ2v) is 6.12. The van der Waals surface area contributed by atoms with E-state index in [2.05, 4.69) is 35.9 Å². The van der Waals surface area contributed by atoms with Crippen molar-refractivity contribution in [1.29, 1.82) is 0 Å². The van der Waals surface area contributed by atoms with Crippen molar-refractivity contribution < 1.29 is 4.79 Å². The summed E-state index contributed by atoms with van der Waals surface area (Å²) in [5, 5.41) is 4.19. The molecule has 0 aromatic carbocycles. The van der Waals surface area contributed by atoms with Gasteiger partial charge >= 0.3 is 0 Å². The largest absolute Gasteiger partial charge is 0.339 e. The molecule has 0 bridgehead atoms. The molecule has 3 heterocycles. The summed E-state index contributed by atoms with van der Waals surface area (Å²) in [6.07, 6.45) is 6.15. The van der Waals surface area contributed by atoms with Crippen molar-refractivity contribution in [3.8, 4) is 0 Å². The second-order valence-electron chi connectivity index (χ2n) is 5.21. The van der Waals surface area contributed by atoms with Gasteiger partial charge in [0.05, 0.1) is 4.47 Å². The predicted molar refractivity (Wildman–Crippen MR) is 85.7 cm³/mol. The number of hydrogen-bond donors (Lipinski definition) is 0. The third-order valence-corrected chi connectivity index (χ3v) is 4.01. The van der Waals surface area contributed by atoms with Crippen LogP contribution in [0.15, 0.2) is 29.1 Å². The normalized spacial score (nSPS) is 15.7. The summed E-state index contributed by atoms with van der Waals surface area (Å²) in [4.78, 5) is 25.1. The zero-order valence-corrected chi connectivity index (χ0v) is 13.9. The molecule has 0 atom stereocenters. The maximum atomic E-state index is 12.4. The maximum Gasteiger partial charge on any atom is 0.274 e. The number of anilines is 1. The van der Waals surface area contributed by atoms with Gasteiger partial charge in [0, 0.05) is 51.8 Å².